The lowest BCUT2D eigenvalue weighted by molar-refractivity contribution is -0.145. The second-order valence-corrected chi connectivity index (χ2v) is 5.64. The molecule has 6 heteroatoms. The first kappa shape index (κ1) is 14.6. The first-order chi connectivity index (χ1) is 9.53. The average Bonchev–Trinajstić information content (AvgIpc) is 2.88. The van der Waals surface area contributed by atoms with Crippen LogP contribution in [0.2, 0.25) is 0 Å². The number of nitrogens with one attached hydrogen (secondary N) is 1. The van der Waals surface area contributed by atoms with Crippen molar-refractivity contribution >= 4 is 29.7 Å². The lowest BCUT2D eigenvalue weighted by atomic mass is 9.99. The Morgan fingerprint density at radius 3 is 2.75 bits per heavy atom. The SMILES string of the molecule is O=C(C=Cc1ccccc1F)NC1(C(=O)O)CCSC1. The Morgan fingerprint density at radius 1 is 1.40 bits per heavy atom. The van der Waals surface area contributed by atoms with Gasteiger partial charge in [-0.15, -0.1) is 0 Å². The summed E-state index contributed by atoms with van der Waals surface area (Å²) in [6.45, 7) is 0. The van der Waals surface area contributed by atoms with E-state index in [1.54, 1.807) is 12.1 Å². The minimum Gasteiger partial charge on any atom is -0.479 e. The summed E-state index contributed by atoms with van der Waals surface area (Å²) in [5.74, 6) is -0.945. The predicted molar refractivity (Wildman–Crippen MR) is 75.9 cm³/mol. The van der Waals surface area contributed by atoms with Gasteiger partial charge in [0.25, 0.3) is 0 Å². The number of hydrogen-bond donors (Lipinski definition) is 2. The third-order valence-electron chi connectivity index (χ3n) is 3.11. The molecule has 0 aromatic heterocycles. The third kappa shape index (κ3) is 3.19. The highest BCUT2D eigenvalue weighted by Gasteiger charge is 2.42. The van der Waals surface area contributed by atoms with Gasteiger partial charge in [0.15, 0.2) is 0 Å². The van der Waals surface area contributed by atoms with Gasteiger partial charge in [-0.05, 0) is 24.3 Å². The van der Waals surface area contributed by atoms with E-state index in [-0.39, 0.29) is 5.56 Å². The first-order valence-electron chi connectivity index (χ1n) is 6.09. The Bertz CT molecular complexity index is 553. The molecule has 4 nitrogen and oxygen atoms in total. The van der Waals surface area contributed by atoms with Gasteiger partial charge in [0, 0.05) is 17.4 Å². The maximum Gasteiger partial charge on any atom is 0.330 e. The van der Waals surface area contributed by atoms with Crippen LogP contribution in [0.25, 0.3) is 6.08 Å². The molecule has 0 radical (unpaired) electrons. The average molecular weight is 295 g/mol. The van der Waals surface area contributed by atoms with Gasteiger partial charge in [0.1, 0.15) is 11.4 Å². The van der Waals surface area contributed by atoms with Gasteiger partial charge in [0.05, 0.1) is 0 Å². The van der Waals surface area contributed by atoms with Gasteiger partial charge in [-0.2, -0.15) is 11.8 Å². The maximum absolute atomic E-state index is 13.4. The number of carbonyl (C=O) groups excluding carboxylic acids is 1. The number of halogens is 1. The molecule has 2 N–H and O–H groups in total. The summed E-state index contributed by atoms with van der Waals surface area (Å²) in [5.41, 5.74) is -0.922. The van der Waals surface area contributed by atoms with Gasteiger partial charge in [-0.25, -0.2) is 9.18 Å². The molecule has 1 amide bonds. The summed E-state index contributed by atoms with van der Waals surface area (Å²) in [6.07, 6.45) is 2.89. The van der Waals surface area contributed by atoms with Crippen molar-refractivity contribution in [2.45, 2.75) is 12.0 Å². The van der Waals surface area contributed by atoms with E-state index in [1.807, 2.05) is 0 Å². The minimum atomic E-state index is -1.21. The molecule has 0 spiro atoms. The lowest BCUT2D eigenvalue weighted by Crippen LogP contribution is -2.54. The summed E-state index contributed by atoms with van der Waals surface area (Å²) in [5, 5.41) is 11.7. The van der Waals surface area contributed by atoms with E-state index in [9.17, 15) is 19.1 Å². The Kier molecular flexibility index (Phi) is 4.44. The van der Waals surface area contributed by atoms with Crippen LogP contribution in [0, 0.1) is 5.82 Å². The van der Waals surface area contributed by atoms with Crippen molar-refractivity contribution in [1.29, 1.82) is 0 Å². The number of rotatable bonds is 4. The number of thioether (sulfide) groups is 1. The molecule has 1 unspecified atom stereocenters. The number of carboxylic acid groups (broad SMARTS) is 1. The fourth-order valence-electron chi connectivity index (χ4n) is 1.94. The first-order valence-corrected chi connectivity index (χ1v) is 7.25. The Labute approximate surface area is 120 Å². The molecule has 2 rings (SSSR count). The zero-order valence-corrected chi connectivity index (χ0v) is 11.5. The van der Waals surface area contributed by atoms with E-state index in [0.717, 1.165) is 6.08 Å². The minimum absolute atomic E-state index is 0.285. The molecular weight excluding hydrogens is 281 g/mol. The van der Waals surface area contributed by atoms with E-state index in [0.29, 0.717) is 17.9 Å². The summed E-state index contributed by atoms with van der Waals surface area (Å²) >= 11 is 1.49. The predicted octanol–water partition coefficient (Wildman–Crippen LogP) is 1.92. The molecular formula is C14H14FNO3S. The number of hydrogen-bond acceptors (Lipinski definition) is 3. The molecule has 1 heterocycles. The molecule has 1 saturated heterocycles. The van der Waals surface area contributed by atoms with Crippen LogP contribution < -0.4 is 5.32 Å². The van der Waals surface area contributed by atoms with E-state index in [1.165, 1.54) is 30.0 Å². The molecule has 0 aliphatic carbocycles. The van der Waals surface area contributed by atoms with Crippen molar-refractivity contribution in [1.82, 2.24) is 5.32 Å². The van der Waals surface area contributed by atoms with Gasteiger partial charge in [0.2, 0.25) is 5.91 Å². The normalized spacial score (nSPS) is 22.1. The van der Waals surface area contributed by atoms with Crippen LogP contribution in [-0.4, -0.2) is 34.0 Å². The Morgan fingerprint density at radius 2 is 2.15 bits per heavy atom. The Balaban J connectivity index is 2.05. The molecule has 1 aromatic rings. The van der Waals surface area contributed by atoms with Gasteiger partial charge >= 0.3 is 5.97 Å². The van der Waals surface area contributed by atoms with Crippen molar-refractivity contribution in [2.24, 2.45) is 0 Å². The largest absolute Gasteiger partial charge is 0.479 e. The highest BCUT2D eigenvalue weighted by molar-refractivity contribution is 7.99. The van der Waals surface area contributed by atoms with Crippen molar-refractivity contribution < 1.29 is 19.1 Å². The van der Waals surface area contributed by atoms with E-state index in [2.05, 4.69) is 5.32 Å². The van der Waals surface area contributed by atoms with Crippen LogP contribution in [0.15, 0.2) is 30.3 Å². The zero-order valence-electron chi connectivity index (χ0n) is 10.6. The summed E-state index contributed by atoms with van der Waals surface area (Å²) in [4.78, 5) is 23.1. The fraction of sp³-hybridized carbons (Fsp3) is 0.286. The highest BCUT2D eigenvalue weighted by Crippen LogP contribution is 2.28. The standard InChI is InChI=1S/C14H14FNO3S/c15-11-4-2-1-3-10(11)5-6-12(17)16-14(13(18)19)7-8-20-9-14/h1-6H,7-9H2,(H,16,17)(H,18,19). The molecule has 0 bridgehead atoms. The van der Waals surface area contributed by atoms with Crippen LogP contribution in [0.5, 0.6) is 0 Å². The van der Waals surface area contributed by atoms with E-state index >= 15 is 0 Å². The maximum atomic E-state index is 13.4. The topological polar surface area (TPSA) is 66.4 Å². The number of carbonyl (C=O) groups is 2. The molecule has 20 heavy (non-hydrogen) atoms. The second-order valence-electron chi connectivity index (χ2n) is 4.53. The third-order valence-corrected chi connectivity index (χ3v) is 4.30. The summed E-state index contributed by atoms with van der Waals surface area (Å²) in [7, 11) is 0. The quantitative estimate of drug-likeness (QED) is 0.833. The number of aliphatic carboxylic acids is 1. The lowest BCUT2D eigenvalue weighted by Gasteiger charge is -2.23. The second kappa shape index (κ2) is 6.09. The number of carboxylic acids is 1. The van der Waals surface area contributed by atoms with Gasteiger partial charge < -0.3 is 10.4 Å². The summed E-state index contributed by atoms with van der Waals surface area (Å²) in [6, 6.07) is 6.05. The van der Waals surface area contributed by atoms with Crippen molar-refractivity contribution in [3.63, 3.8) is 0 Å². The molecule has 106 valence electrons. The monoisotopic (exact) mass is 295 g/mol. The van der Waals surface area contributed by atoms with Crippen molar-refractivity contribution in [3.05, 3.63) is 41.7 Å². The fourth-order valence-corrected chi connectivity index (χ4v) is 3.26. The van der Waals surface area contributed by atoms with Crippen LogP contribution in [-0.2, 0) is 9.59 Å². The van der Waals surface area contributed by atoms with Gasteiger partial charge in [-0.1, -0.05) is 18.2 Å². The van der Waals surface area contributed by atoms with E-state index in [4.69, 9.17) is 0 Å². The summed E-state index contributed by atoms with van der Waals surface area (Å²) < 4.78 is 13.4. The van der Waals surface area contributed by atoms with Crippen LogP contribution in [0.3, 0.4) is 0 Å². The van der Waals surface area contributed by atoms with Crippen molar-refractivity contribution in [2.75, 3.05) is 11.5 Å². The van der Waals surface area contributed by atoms with Crippen LogP contribution >= 0.6 is 11.8 Å². The molecule has 0 saturated carbocycles. The molecule has 1 aliphatic rings. The van der Waals surface area contributed by atoms with E-state index < -0.39 is 23.2 Å². The molecule has 1 aromatic carbocycles. The van der Waals surface area contributed by atoms with Crippen LogP contribution in [0.1, 0.15) is 12.0 Å². The number of benzene rings is 1. The zero-order chi connectivity index (χ0) is 14.6. The van der Waals surface area contributed by atoms with Crippen LogP contribution in [0.4, 0.5) is 4.39 Å². The van der Waals surface area contributed by atoms with Gasteiger partial charge in [-0.3, -0.25) is 4.79 Å². The Hall–Kier alpha value is -1.82. The van der Waals surface area contributed by atoms with Crippen molar-refractivity contribution in [3.8, 4) is 0 Å². The smallest absolute Gasteiger partial charge is 0.330 e. The number of amides is 1. The molecule has 1 atom stereocenters. The molecule has 1 aliphatic heterocycles. The molecule has 1 fully saturated rings. The highest BCUT2D eigenvalue weighted by atomic mass is 32.2.